The van der Waals surface area contributed by atoms with Crippen molar-refractivity contribution in [2.75, 3.05) is 19.8 Å². The summed E-state index contributed by atoms with van der Waals surface area (Å²) in [6.45, 7) is 5.16. The second-order valence-electron chi connectivity index (χ2n) is 4.76. The molecule has 3 heteroatoms. The van der Waals surface area contributed by atoms with Crippen LogP contribution in [0, 0.1) is 9.49 Å². The van der Waals surface area contributed by atoms with Crippen LogP contribution in [0.5, 0.6) is 0 Å². The van der Waals surface area contributed by atoms with Crippen molar-refractivity contribution in [1.82, 2.24) is 5.32 Å². The van der Waals surface area contributed by atoms with E-state index in [-0.39, 0.29) is 0 Å². The van der Waals surface area contributed by atoms with Crippen molar-refractivity contribution in [3.8, 4) is 0 Å². The number of hydrogen-bond donors (Lipinski definition) is 1. The van der Waals surface area contributed by atoms with E-state index in [4.69, 9.17) is 4.74 Å². The molecule has 2 unspecified atom stereocenters. The van der Waals surface area contributed by atoms with Crippen LogP contribution < -0.4 is 5.32 Å². The molecule has 1 saturated heterocycles. The molecule has 1 N–H and O–H groups in total. The van der Waals surface area contributed by atoms with Gasteiger partial charge in [-0.3, -0.25) is 0 Å². The Balaban J connectivity index is 1.80. The first-order chi connectivity index (χ1) is 8.25. The largest absolute Gasteiger partial charge is 0.381 e. The highest BCUT2D eigenvalue weighted by atomic mass is 127. The zero-order chi connectivity index (χ0) is 12.1. The molecular weight excluding hydrogens is 325 g/mol. The van der Waals surface area contributed by atoms with E-state index in [0.29, 0.717) is 12.0 Å². The first-order valence-electron chi connectivity index (χ1n) is 6.32. The first-order valence-corrected chi connectivity index (χ1v) is 7.40. The van der Waals surface area contributed by atoms with Gasteiger partial charge in [0.15, 0.2) is 0 Å². The fourth-order valence-electron chi connectivity index (χ4n) is 2.18. The lowest BCUT2D eigenvalue weighted by Crippen LogP contribution is -2.30. The maximum absolute atomic E-state index is 5.49. The Labute approximate surface area is 117 Å². The standard InChI is InChI=1S/C14H20INO/c1-11(13-4-6-14(15)7-5-13)16-9-12-3-2-8-17-10-12/h4-7,11-12,16H,2-3,8-10H2,1H3. The molecule has 1 heterocycles. The van der Waals surface area contributed by atoms with Crippen molar-refractivity contribution in [2.24, 2.45) is 5.92 Å². The fraction of sp³-hybridized carbons (Fsp3) is 0.571. The third-order valence-electron chi connectivity index (χ3n) is 3.34. The van der Waals surface area contributed by atoms with Crippen LogP contribution >= 0.6 is 22.6 Å². The van der Waals surface area contributed by atoms with Gasteiger partial charge in [0.25, 0.3) is 0 Å². The number of hydrogen-bond acceptors (Lipinski definition) is 2. The zero-order valence-electron chi connectivity index (χ0n) is 10.3. The van der Waals surface area contributed by atoms with Gasteiger partial charge in [-0.25, -0.2) is 0 Å². The quantitative estimate of drug-likeness (QED) is 0.845. The summed E-state index contributed by atoms with van der Waals surface area (Å²) >= 11 is 2.34. The number of ether oxygens (including phenoxy) is 1. The molecular formula is C14H20INO. The highest BCUT2D eigenvalue weighted by molar-refractivity contribution is 14.1. The molecule has 2 atom stereocenters. The van der Waals surface area contributed by atoms with Crippen LogP contribution in [0.1, 0.15) is 31.4 Å². The molecule has 0 amide bonds. The van der Waals surface area contributed by atoms with Crippen molar-refractivity contribution in [2.45, 2.75) is 25.8 Å². The molecule has 0 saturated carbocycles. The lowest BCUT2D eigenvalue weighted by molar-refractivity contribution is 0.0540. The summed E-state index contributed by atoms with van der Waals surface area (Å²) in [5.74, 6) is 0.690. The summed E-state index contributed by atoms with van der Waals surface area (Å²) in [6, 6.07) is 9.16. The molecule has 2 nitrogen and oxygen atoms in total. The van der Waals surface area contributed by atoms with E-state index >= 15 is 0 Å². The van der Waals surface area contributed by atoms with E-state index in [1.165, 1.54) is 22.0 Å². The van der Waals surface area contributed by atoms with Gasteiger partial charge in [-0.05, 0) is 66.0 Å². The summed E-state index contributed by atoms with van der Waals surface area (Å²) in [5.41, 5.74) is 1.36. The minimum atomic E-state index is 0.425. The fourth-order valence-corrected chi connectivity index (χ4v) is 2.54. The van der Waals surface area contributed by atoms with Crippen LogP contribution in [0.15, 0.2) is 24.3 Å². The van der Waals surface area contributed by atoms with Crippen LogP contribution in [-0.2, 0) is 4.74 Å². The van der Waals surface area contributed by atoms with Gasteiger partial charge in [0.05, 0.1) is 6.61 Å². The monoisotopic (exact) mass is 345 g/mol. The predicted octanol–water partition coefficient (Wildman–Crippen LogP) is 3.37. The van der Waals surface area contributed by atoms with Crippen LogP contribution in [0.2, 0.25) is 0 Å². The van der Waals surface area contributed by atoms with E-state index < -0.39 is 0 Å². The highest BCUT2D eigenvalue weighted by Gasteiger charge is 2.14. The summed E-state index contributed by atoms with van der Waals surface area (Å²) in [4.78, 5) is 0. The van der Waals surface area contributed by atoms with Gasteiger partial charge in [-0.15, -0.1) is 0 Å². The second-order valence-corrected chi connectivity index (χ2v) is 6.01. The summed E-state index contributed by atoms with van der Waals surface area (Å²) in [6.07, 6.45) is 2.51. The normalized spacial score (nSPS) is 22.4. The van der Waals surface area contributed by atoms with Crippen LogP contribution in [0.3, 0.4) is 0 Å². The Morgan fingerprint density at radius 1 is 1.41 bits per heavy atom. The van der Waals surface area contributed by atoms with Crippen molar-refractivity contribution < 1.29 is 4.74 Å². The SMILES string of the molecule is CC(NCC1CCCOC1)c1ccc(I)cc1. The molecule has 1 aromatic carbocycles. The van der Waals surface area contributed by atoms with Gasteiger partial charge >= 0.3 is 0 Å². The summed E-state index contributed by atoms with van der Waals surface area (Å²) < 4.78 is 6.79. The maximum Gasteiger partial charge on any atom is 0.0506 e. The molecule has 2 rings (SSSR count). The molecule has 0 bridgehead atoms. The van der Waals surface area contributed by atoms with Crippen LogP contribution in [0.25, 0.3) is 0 Å². The molecule has 0 spiro atoms. The van der Waals surface area contributed by atoms with Crippen LogP contribution in [-0.4, -0.2) is 19.8 Å². The smallest absolute Gasteiger partial charge is 0.0506 e. The zero-order valence-corrected chi connectivity index (χ0v) is 12.4. The Kier molecular flexibility index (Phi) is 5.25. The first kappa shape index (κ1) is 13.3. The van der Waals surface area contributed by atoms with E-state index in [1.54, 1.807) is 0 Å². The third-order valence-corrected chi connectivity index (χ3v) is 4.06. The molecule has 1 fully saturated rings. The van der Waals surface area contributed by atoms with Gasteiger partial charge in [0.2, 0.25) is 0 Å². The summed E-state index contributed by atoms with van der Waals surface area (Å²) in [7, 11) is 0. The molecule has 0 aromatic heterocycles. The molecule has 1 aromatic rings. The average Bonchev–Trinajstić information content (AvgIpc) is 2.38. The number of rotatable bonds is 4. The lowest BCUT2D eigenvalue weighted by Gasteiger charge is -2.24. The van der Waals surface area contributed by atoms with Gasteiger partial charge in [-0.1, -0.05) is 12.1 Å². The summed E-state index contributed by atoms with van der Waals surface area (Å²) in [5, 5.41) is 3.61. The molecule has 0 radical (unpaired) electrons. The van der Waals surface area contributed by atoms with E-state index in [0.717, 1.165) is 19.8 Å². The molecule has 1 aliphatic rings. The minimum absolute atomic E-state index is 0.425. The molecule has 17 heavy (non-hydrogen) atoms. The van der Waals surface area contributed by atoms with Crippen LogP contribution in [0.4, 0.5) is 0 Å². The number of benzene rings is 1. The van der Waals surface area contributed by atoms with Gasteiger partial charge in [0.1, 0.15) is 0 Å². The Hall–Kier alpha value is -0.130. The van der Waals surface area contributed by atoms with E-state index in [9.17, 15) is 0 Å². The molecule has 0 aliphatic carbocycles. The van der Waals surface area contributed by atoms with Crippen molar-refractivity contribution in [1.29, 1.82) is 0 Å². The molecule has 1 aliphatic heterocycles. The number of nitrogens with one attached hydrogen (secondary N) is 1. The Morgan fingerprint density at radius 3 is 2.82 bits per heavy atom. The third kappa shape index (κ3) is 4.23. The highest BCUT2D eigenvalue weighted by Crippen LogP contribution is 2.17. The minimum Gasteiger partial charge on any atom is -0.381 e. The van der Waals surface area contributed by atoms with Gasteiger partial charge in [0, 0.05) is 22.8 Å². The topological polar surface area (TPSA) is 21.3 Å². The number of halogens is 1. The van der Waals surface area contributed by atoms with Crippen molar-refractivity contribution in [3.05, 3.63) is 33.4 Å². The van der Waals surface area contributed by atoms with Crippen molar-refractivity contribution >= 4 is 22.6 Å². The van der Waals surface area contributed by atoms with Gasteiger partial charge < -0.3 is 10.1 Å². The van der Waals surface area contributed by atoms with E-state index in [2.05, 4.69) is 59.1 Å². The van der Waals surface area contributed by atoms with E-state index in [1.807, 2.05) is 0 Å². The maximum atomic E-state index is 5.49. The van der Waals surface area contributed by atoms with Gasteiger partial charge in [-0.2, -0.15) is 0 Å². The lowest BCUT2D eigenvalue weighted by atomic mass is 10.0. The Morgan fingerprint density at radius 2 is 2.18 bits per heavy atom. The predicted molar refractivity (Wildman–Crippen MR) is 79.1 cm³/mol. The molecule has 94 valence electrons. The second kappa shape index (κ2) is 6.71. The Bertz CT molecular complexity index is 333. The average molecular weight is 345 g/mol. The van der Waals surface area contributed by atoms with Crippen molar-refractivity contribution in [3.63, 3.8) is 0 Å².